The highest BCUT2D eigenvalue weighted by molar-refractivity contribution is 7.90. The summed E-state index contributed by atoms with van der Waals surface area (Å²) in [4.78, 5) is 0. The van der Waals surface area contributed by atoms with Crippen LogP contribution in [0.3, 0.4) is 0 Å². The summed E-state index contributed by atoms with van der Waals surface area (Å²) >= 11 is -1.14. The van der Waals surface area contributed by atoms with Crippen LogP contribution in [0.4, 0.5) is 0 Å². The first-order valence-electron chi connectivity index (χ1n) is 9.45. The molecule has 0 saturated carbocycles. The largest absolute Gasteiger partial charge is 0.598 e. The fraction of sp³-hybridized carbons (Fsp3) is 0.250. The van der Waals surface area contributed by atoms with Gasteiger partial charge < -0.3 is 9.29 Å². The van der Waals surface area contributed by atoms with Crippen LogP contribution in [-0.4, -0.2) is 9.30 Å². The Morgan fingerprint density at radius 3 is 2.11 bits per heavy atom. The molecule has 3 nitrogen and oxygen atoms in total. The molecule has 0 fully saturated rings. The number of hydrogen-bond donors (Lipinski definition) is 1. The molecule has 0 amide bonds. The van der Waals surface area contributed by atoms with E-state index in [2.05, 4.69) is 22.9 Å². The maximum Gasteiger partial charge on any atom is 0.136 e. The lowest BCUT2D eigenvalue weighted by Crippen LogP contribution is -2.40. The summed E-state index contributed by atoms with van der Waals surface area (Å²) in [5.41, 5.74) is 3.16. The average molecular weight is 394 g/mol. The first-order chi connectivity index (χ1) is 13.3. The molecule has 0 saturated heterocycles. The van der Waals surface area contributed by atoms with E-state index in [4.69, 9.17) is 4.74 Å². The molecule has 0 radical (unpaired) electrons. The molecule has 146 valence electrons. The highest BCUT2D eigenvalue weighted by Crippen LogP contribution is 2.35. The SMILES string of the molecule is C[C@H](N[S+]([O-])C(C)(C)C)c1ccc(Oc2ccccc2)c(-c2ccccc2)c1. The van der Waals surface area contributed by atoms with Gasteiger partial charge in [0.2, 0.25) is 0 Å². The van der Waals surface area contributed by atoms with Crippen LogP contribution in [0.25, 0.3) is 11.1 Å². The molecular weight excluding hydrogens is 366 g/mol. The van der Waals surface area contributed by atoms with Gasteiger partial charge in [-0.2, -0.15) is 0 Å². The van der Waals surface area contributed by atoms with Gasteiger partial charge in [0.25, 0.3) is 0 Å². The van der Waals surface area contributed by atoms with Crippen molar-refractivity contribution in [2.24, 2.45) is 0 Å². The number of ether oxygens (including phenoxy) is 1. The Balaban J connectivity index is 1.94. The fourth-order valence-electron chi connectivity index (χ4n) is 2.77. The van der Waals surface area contributed by atoms with E-state index in [1.807, 2.05) is 88.4 Å². The second-order valence-electron chi connectivity index (χ2n) is 7.76. The van der Waals surface area contributed by atoms with E-state index in [-0.39, 0.29) is 10.8 Å². The van der Waals surface area contributed by atoms with Crippen LogP contribution in [0.1, 0.15) is 39.3 Å². The lowest BCUT2D eigenvalue weighted by Gasteiger charge is -2.27. The zero-order chi connectivity index (χ0) is 20.1. The molecule has 0 heterocycles. The molecule has 1 N–H and O–H groups in total. The first-order valence-corrected chi connectivity index (χ1v) is 10.6. The second-order valence-corrected chi connectivity index (χ2v) is 9.76. The molecule has 4 heteroatoms. The molecule has 0 aliphatic rings. The van der Waals surface area contributed by atoms with E-state index in [0.29, 0.717) is 0 Å². The highest BCUT2D eigenvalue weighted by Gasteiger charge is 2.28. The number of para-hydroxylation sites is 1. The van der Waals surface area contributed by atoms with Crippen molar-refractivity contribution in [3.8, 4) is 22.6 Å². The first kappa shape index (κ1) is 20.5. The third kappa shape index (κ3) is 5.16. The summed E-state index contributed by atoms with van der Waals surface area (Å²) in [6.45, 7) is 7.94. The molecule has 1 unspecified atom stereocenters. The summed E-state index contributed by atoms with van der Waals surface area (Å²) in [6.07, 6.45) is 0. The zero-order valence-electron chi connectivity index (χ0n) is 16.8. The Hall–Kier alpha value is -2.27. The number of rotatable bonds is 6. The topological polar surface area (TPSA) is 44.3 Å². The second kappa shape index (κ2) is 8.82. The Labute approximate surface area is 171 Å². The Morgan fingerprint density at radius 1 is 0.893 bits per heavy atom. The van der Waals surface area contributed by atoms with E-state index in [0.717, 1.165) is 28.2 Å². The minimum absolute atomic E-state index is 0.0479. The van der Waals surface area contributed by atoms with Crippen molar-refractivity contribution in [3.05, 3.63) is 84.4 Å². The van der Waals surface area contributed by atoms with Crippen LogP contribution in [0.5, 0.6) is 11.5 Å². The normalized spacial score (nSPS) is 13.8. The quantitative estimate of drug-likeness (QED) is 0.503. The predicted molar refractivity (Wildman–Crippen MR) is 118 cm³/mol. The van der Waals surface area contributed by atoms with Crippen molar-refractivity contribution in [1.29, 1.82) is 0 Å². The minimum atomic E-state index is -1.14. The summed E-state index contributed by atoms with van der Waals surface area (Å²) < 4.78 is 21.5. The van der Waals surface area contributed by atoms with Crippen LogP contribution in [0.15, 0.2) is 78.9 Å². The van der Waals surface area contributed by atoms with E-state index >= 15 is 0 Å². The van der Waals surface area contributed by atoms with Crippen molar-refractivity contribution in [2.75, 3.05) is 0 Å². The summed E-state index contributed by atoms with van der Waals surface area (Å²) in [7, 11) is 0. The van der Waals surface area contributed by atoms with Crippen molar-refractivity contribution >= 4 is 11.4 Å². The standard InChI is InChI=1S/C24H27NO2S/c1-18(25-28(26)24(2,3)4)20-15-16-23(27-21-13-9-6-10-14-21)22(17-20)19-11-7-5-8-12-19/h5-18,25H,1-4H3/t18-,28?/m0/s1. The van der Waals surface area contributed by atoms with Gasteiger partial charge in [-0.05, 0) is 63.1 Å². The van der Waals surface area contributed by atoms with Crippen LogP contribution < -0.4 is 9.46 Å². The predicted octanol–water partition coefficient (Wildman–Crippen LogP) is 6.26. The third-order valence-electron chi connectivity index (χ3n) is 4.40. The van der Waals surface area contributed by atoms with Gasteiger partial charge in [-0.1, -0.05) is 54.6 Å². The molecule has 0 aliphatic carbocycles. The van der Waals surface area contributed by atoms with Gasteiger partial charge in [-0.15, -0.1) is 4.72 Å². The van der Waals surface area contributed by atoms with E-state index < -0.39 is 11.4 Å². The van der Waals surface area contributed by atoms with Gasteiger partial charge >= 0.3 is 0 Å². The molecule has 0 bridgehead atoms. The van der Waals surface area contributed by atoms with E-state index in [1.54, 1.807) is 0 Å². The molecule has 3 rings (SSSR count). The molecule has 2 atom stereocenters. The number of nitrogens with one attached hydrogen (secondary N) is 1. The van der Waals surface area contributed by atoms with Gasteiger partial charge in [0.15, 0.2) is 0 Å². The zero-order valence-corrected chi connectivity index (χ0v) is 17.6. The highest BCUT2D eigenvalue weighted by atomic mass is 32.2. The van der Waals surface area contributed by atoms with E-state index in [9.17, 15) is 4.55 Å². The van der Waals surface area contributed by atoms with Crippen LogP contribution in [-0.2, 0) is 11.4 Å². The molecule has 0 aliphatic heterocycles. The van der Waals surface area contributed by atoms with Gasteiger partial charge in [0, 0.05) is 16.9 Å². The lowest BCUT2D eigenvalue weighted by atomic mass is 9.99. The molecule has 3 aromatic carbocycles. The Kier molecular flexibility index (Phi) is 6.45. The number of benzene rings is 3. The fourth-order valence-corrected chi connectivity index (χ4v) is 3.58. The molecule has 28 heavy (non-hydrogen) atoms. The lowest BCUT2D eigenvalue weighted by molar-refractivity contribution is 0.484. The van der Waals surface area contributed by atoms with Crippen molar-refractivity contribution in [2.45, 2.75) is 38.5 Å². The van der Waals surface area contributed by atoms with Gasteiger partial charge in [0.1, 0.15) is 16.2 Å². The van der Waals surface area contributed by atoms with Gasteiger partial charge in [0.05, 0.1) is 6.04 Å². The van der Waals surface area contributed by atoms with Crippen LogP contribution in [0.2, 0.25) is 0 Å². The van der Waals surface area contributed by atoms with Crippen molar-refractivity contribution in [1.82, 2.24) is 4.72 Å². The average Bonchev–Trinajstić information content (AvgIpc) is 2.69. The number of hydrogen-bond acceptors (Lipinski definition) is 3. The molecule has 3 aromatic rings. The molecule has 0 aromatic heterocycles. The summed E-state index contributed by atoms with van der Waals surface area (Å²) in [5, 5.41) is 0. The van der Waals surface area contributed by atoms with Crippen LogP contribution in [0, 0.1) is 0 Å². The Morgan fingerprint density at radius 2 is 1.50 bits per heavy atom. The molecular formula is C24H27NO2S. The Bertz CT molecular complexity index is 891. The third-order valence-corrected chi connectivity index (χ3v) is 6.08. The van der Waals surface area contributed by atoms with E-state index in [1.165, 1.54) is 0 Å². The van der Waals surface area contributed by atoms with Crippen LogP contribution >= 0.6 is 0 Å². The van der Waals surface area contributed by atoms with Crippen molar-refractivity contribution < 1.29 is 9.29 Å². The summed E-state index contributed by atoms with van der Waals surface area (Å²) in [6, 6.07) is 26.0. The summed E-state index contributed by atoms with van der Waals surface area (Å²) in [5.74, 6) is 1.60. The molecule has 0 spiro atoms. The van der Waals surface area contributed by atoms with Gasteiger partial charge in [-0.25, -0.2) is 0 Å². The maximum absolute atomic E-state index is 12.5. The maximum atomic E-state index is 12.5. The monoisotopic (exact) mass is 393 g/mol. The smallest absolute Gasteiger partial charge is 0.136 e. The van der Waals surface area contributed by atoms with Crippen molar-refractivity contribution in [3.63, 3.8) is 0 Å². The van der Waals surface area contributed by atoms with Gasteiger partial charge in [-0.3, -0.25) is 0 Å². The minimum Gasteiger partial charge on any atom is -0.598 e.